The predicted molar refractivity (Wildman–Crippen MR) is 113 cm³/mol. The highest BCUT2D eigenvalue weighted by Crippen LogP contribution is 2.20. The topological polar surface area (TPSA) is 79.8 Å². The van der Waals surface area contributed by atoms with Crippen LogP contribution in [0.5, 0.6) is 5.75 Å². The second-order valence-corrected chi connectivity index (χ2v) is 6.35. The Kier molecular flexibility index (Phi) is 6.97. The molecule has 0 bridgehead atoms. The molecule has 3 aromatic rings. The standard InChI is InChI=1S/C22H18ClN3O3/c23-18-11-5-6-12-19(18)25-21(27)22(28)26-24-14-17-10-4-7-13-20(17)29-15-16-8-2-1-3-9-16/h1-14H,15H2,(H,25,27)(H,26,28)/b24-14-. The molecule has 146 valence electrons. The first-order chi connectivity index (χ1) is 14.1. The quantitative estimate of drug-likeness (QED) is 0.368. The fraction of sp³-hybridized carbons (Fsp3) is 0.0455. The van der Waals surface area contributed by atoms with E-state index in [2.05, 4.69) is 15.8 Å². The molecular formula is C22H18ClN3O3. The number of carbonyl (C=O) groups excluding carboxylic acids is 2. The molecule has 0 atom stereocenters. The Morgan fingerprint density at radius 2 is 1.59 bits per heavy atom. The number of hydrogen-bond acceptors (Lipinski definition) is 4. The van der Waals surface area contributed by atoms with Gasteiger partial charge < -0.3 is 10.1 Å². The van der Waals surface area contributed by atoms with Gasteiger partial charge in [-0.25, -0.2) is 5.43 Å². The van der Waals surface area contributed by atoms with E-state index in [9.17, 15) is 9.59 Å². The first-order valence-corrected chi connectivity index (χ1v) is 9.16. The van der Waals surface area contributed by atoms with Crippen LogP contribution >= 0.6 is 11.6 Å². The van der Waals surface area contributed by atoms with E-state index in [1.807, 2.05) is 42.5 Å². The van der Waals surface area contributed by atoms with Gasteiger partial charge in [0.2, 0.25) is 0 Å². The lowest BCUT2D eigenvalue weighted by atomic mass is 10.2. The number of ether oxygens (including phenoxy) is 1. The summed E-state index contributed by atoms with van der Waals surface area (Å²) in [7, 11) is 0. The number of para-hydroxylation sites is 2. The third kappa shape index (κ3) is 5.92. The molecule has 0 aliphatic carbocycles. The number of nitrogens with one attached hydrogen (secondary N) is 2. The lowest BCUT2D eigenvalue weighted by Crippen LogP contribution is -2.32. The Morgan fingerprint density at radius 1 is 0.897 bits per heavy atom. The second kappa shape index (κ2) is 10.1. The minimum absolute atomic E-state index is 0.335. The molecule has 3 aromatic carbocycles. The maximum absolute atomic E-state index is 12.0. The van der Waals surface area contributed by atoms with E-state index in [0.29, 0.717) is 28.6 Å². The molecule has 3 rings (SSSR count). The van der Waals surface area contributed by atoms with Crippen LogP contribution in [0.2, 0.25) is 5.02 Å². The van der Waals surface area contributed by atoms with Crippen molar-refractivity contribution in [3.8, 4) is 5.75 Å². The molecule has 0 aromatic heterocycles. The highest BCUT2D eigenvalue weighted by atomic mass is 35.5. The highest BCUT2D eigenvalue weighted by Gasteiger charge is 2.14. The van der Waals surface area contributed by atoms with Crippen molar-refractivity contribution in [3.05, 3.63) is 95.0 Å². The van der Waals surface area contributed by atoms with Gasteiger partial charge in [-0.05, 0) is 29.8 Å². The van der Waals surface area contributed by atoms with Gasteiger partial charge in [0, 0.05) is 5.56 Å². The second-order valence-electron chi connectivity index (χ2n) is 5.95. The molecule has 0 aliphatic rings. The maximum atomic E-state index is 12.0. The van der Waals surface area contributed by atoms with E-state index in [4.69, 9.17) is 16.3 Å². The van der Waals surface area contributed by atoms with E-state index in [-0.39, 0.29) is 0 Å². The molecule has 29 heavy (non-hydrogen) atoms. The van der Waals surface area contributed by atoms with Gasteiger partial charge in [0.15, 0.2) is 0 Å². The zero-order valence-electron chi connectivity index (χ0n) is 15.3. The third-order valence-electron chi connectivity index (χ3n) is 3.85. The fourth-order valence-electron chi connectivity index (χ4n) is 2.41. The number of carbonyl (C=O) groups is 2. The van der Waals surface area contributed by atoms with E-state index in [0.717, 1.165) is 5.56 Å². The summed E-state index contributed by atoms with van der Waals surface area (Å²) < 4.78 is 5.82. The Labute approximate surface area is 173 Å². The van der Waals surface area contributed by atoms with Gasteiger partial charge in [0.05, 0.1) is 16.9 Å². The van der Waals surface area contributed by atoms with Crippen LogP contribution in [0.25, 0.3) is 0 Å². The number of hydrogen-bond donors (Lipinski definition) is 2. The van der Waals surface area contributed by atoms with Crippen LogP contribution in [0.3, 0.4) is 0 Å². The SMILES string of the molecule is O=C(N/N=C\c1ccccc1OCc1ccccc1)C(=O)Nc1ccccc1Cl. The lowest BCUT2D eigenvalue weighted by molar-refractivity contribution is -0.136. The van der Waals surface area contributed by atoms with Gasteiger partial charge in [0.1, 0.15) is 12.4 Å². The molecule has 2 N–H and O–H groups in total. The molecular weight excluding hydrogens is 390 g/mol. The Balaban J connectivity index is 1.58. The van der Waals surface area contributed by atoms with Crippen LogP contribution in [0.4, 0.5) is 5.69 Å². The monoisotopic (exact) mass is 407 g/mol. The van der Waals surface area contributed by atoms with Crippen molar-refractivity contribution in [3.63, 3.8) is 0 Å². The zero-order valence-corrected chi connectivity index (χ0v) is 16.1. The van der Waals surface area contributed by atoms with Crippen LogP contribution in [-0.4, -0.2) is 18.0 Å². The summed E-state index contributed by atoms with van der Waals surface area (Å²) in [5.74, 6) is -1.18. The summed E-state index contributed by atoms with van der Waals surface area (Å²) in [6, 6.07) is 23.6. The van der Waals surface area contributed by atoms with Gasteiger partial charge in [-0.2, -0.15) is 5.10 Å². The van der Waals surface area contributed by atoms with Crippen molar-refractivity contribution in [1.29, 1.82) is 0 Å². The number of nitrogens with zero attached hydrogens (tertiary/aromatic N) is 1. The van der Waals surface area contributed by atoms with E-state index in [1.54, 1.807) is 36.4 Å². The number of anilines is 1. The molecule has 0 spiro atoms. The molecule has 6 nitrogen and oxygen atoms in total. The smallest absolute Gasteiger partial charge is 0.329 e. The van der Waals surface area contributed by atoms with Crippen molar-refractivity contribution >= 4 is 35.3 Å². The molecule has 0 saturated heterocycles. The van der Waals surface area contributed by atoms with Gasteiger partial charge in [0.25, 0.3) is 0 Å². The summed E-state index contributed by atoms with van der Waals surface area (Å²) in [4.78, 5) is 23.9. The van der Waals surface area contributed by atoms with E-state index >= 15 is 0 Å². The summed E-state index contributed by atoms with van der Waals surface area (Å²) in [5, 5.41) is 6.61. The maximum Gasteiger partial charge on any atom is 0.329 e. The Bertz CT molecular complexity index is 1020. The average Bonchev–Trinajstić information content (AvgIpc) is 2.75. The Morgan fingerprint density at radius 3 is 2.38 bits per heavy atom. The highest BCUT2D eigenvalue weighted by molar-refractivity contribution is 6.41. The lowest BCUT2D eigenvalue weighted by Gasteiger charge is -2.09. The molecule has 0 unspecified atom stereocenters. The molecule has 0 fully saturated rings. The average molecular weight is 408 g/mol. The van der Waals surface area contributed by atoms with Gasteiger partial charge in [-0.15, -0.1) is 0 Å². The summed E-state index contributed by atoms with van der Waals surface area (Å²) in [6.45, 7) is 0.401. The van der Waals surface area contributed by atoms with Crippen LogP contribution in [0.1, 0.15) is 11.1 Å². The van der Waals surface area contributed by atoms with Crippen molar-refractivity contribution < 1.29 is 14.3 Å². The predicted octanol–water partition coefficient (Wildman–Crippen LogP) is 4.01. The Hall–Kier alpha value is -3.64. The summed E-state index contributed by atoms with van der Waals surface area (Å²) >= 11 is 5.96. The van der Waals surface area contributed by atoms with Crippen LogP contribution < -0.4 is 15.5 Å². The number of amides is 2. The van der Waals surface area contributed by atoms with E-state index in [1.165, 1.54) is 6.21 Å². The fourth-order valence-corrected chi connectivity index (χ4v) is 2.59. The minimum atomic E-state index is -0.913. The zero-order chi connectivity index (χ0) is 20.5. The normalized spacial score (nSPS) is 10.5. The number of hydrazone groups is 1. The first-order valence-electron chi connectivity index (χ1n) is 8.78. The number of benzene rings is 3. The van der Waals surface area contributed by atoms with Crippen molar-refractivity contribution in [1.82, 2.24) is 5.43 Å². The molecule has 2 amide bonds. The van der Waals surface area contributed by atoms with Crippen LogP contribution in [-0.2, 0) is 16.2 Å². The molecule has 0 saturated carbocycles. The van der Waals surface area contributed by atoms with Crippen molar-refractivity contribution in [2.75, 3.05) is 5.32 Å². The first kappa shape index (κ1) is 20.1. The minimum Gasteiger partial charge on any atom is -0.488 e. The van der Waals surface area contributed by atoms with Crippen LogP contribution in [0.15, 0.2) is 84.0 Å². The van der Waals surface area contributed by atoms with Gasteiger partial charge in [-0.1, -0.05) is 66.2 Å². The van der Waals surface area contributed by atoms with Crippen molar-refractivity contribution in [2.45, 2.75) is 6.61 Å². The molecule has 0 heterocycles. The van der Waals surface area contributed by atoms with E-state index < -0.39 is 11.8 Å². The van der Waals surface area contributed by atoms with Gasteiger partial charge >= 0.3 is 11.8 Å². The van der Waals surface area contributed by atoms with Crippen LogP contribution in [0, 0.1) is 0 Å². The van der Waals surface area contributed by atoms with Gasteiger partial charge in [-0.3, -0.25) is 9.59 Å². The molecule has 0 aliphatic heterocycles. The summed E-state index contributed by atoms with van der Waals surface area (Å²) in [6.07, 6.45) is 1.42. The molecule has 7 heteroatoms. The number of rotatable bonds is 6. The third-order valence-corrected chi connectivity index (χ3v) is 4.18. The summed E-state index contributed by atoms with van der Waals surface area (Å²) in [5.41, 5.74) is 4.23. The molecule has 0 radical (unpaired) electrons. The largest absolute Gasteiger partial charge is 0.488 e. The number of halogens is 1. The van der Waals surface area contributed by atoms with Crippen molar-refractivity contribution in [2.24, 2.45) is 5.10 Å².